The van der Waals surface area contributed by atoms with Crippen LogP contribution < -0.4 is 4.74 Å². The van der Waals surface area contributed by atoms with Gasteiger partial charge in [0.1, 0.15) is 11.9 Å². The Bertz CT molecular complexity index is 918. The summed E-state index contributed by atoms with van der Waals surface area (Å²) in [6.45, 7) is 12.6. The van der Waals surface area contributed by atoms with E-state index in [0.717, 1.165) is 19.3 Å². The number of hydrogen-bond acceptors (Lipinski definition) is 6. The standard InChI is InChI=1S/C29H42O6/c1-19(2)33-24(30)27(3,4)17-29(7,26(32)35-23-16-20-13-14-21(23)15-20)18-28(5,6)25(31)34-22-11-9-8-10-12-22/h8-12,19-21,23H,13-18H2,1-7H3. The first-order chi connectivity index (χ1) is 16.2. The van der Waals surface area contributed by atoms with Crippen LogP contribution >= 0.6 is 0 Å². The van der Waals surface area contributed by atoms with E-state index in [1.165, 1.54) is 6.42 Å². The first kappa shape index (κ1) is 27.2. The molecule has 3 rings (SSSR count). The maximum absolute atomic E-state index is 13.8. The minimum atomic E-state index is -1.08. The van der Waals surface area contributed by atoms with Gasteiger partial charge in [0.05, 0.1) is 22.3 Å². The molecular formula is C29H42O6. The fourth-order valence-corrected chi connectivity index (χ4v) is 6.02. The van der Waals surface area contributed by atoms with Crippen LogP contribution in [0.5, 0.6) is 5.75 Å². The van der Waals surface area contributed by atoms with Gasteiger partial charge >= 0.3 is 17.9 Å². The third-order valence-corrected chi connectivity index (χ3v) is 7.49. The molecule has 2 saturated carbocycles. The van der Waals surface area contributed by atoms with E-state index in [1.54, 1.807) is 65.8 Å². The van der Waals surface area contributed by atoms with Crippen LogP contribution in [0.3, 0.4) is 0 Å². The average Bonchev–Trinajstić information content (AvgIpc) is 3.36. The van der Waals surface area contributed by atoms with Crippen LogP contribution in [0.15, 0.2) is 30.3 Å². The molecule has 35 heavy (non-hydrogen) atoms. The summed E-state index contributed by atoms with van der Waals surface area (Å²) in [5.74, 6) is 0.377. The Morgan fingerprint density at radius 2 is 1.46 bits per heavy atom. The fourth-order valence-electron chi connectivity index (χ4n) is 6.02. The Morgan fingerprint density at radius 1 is 0.857 bits per heavy atom. The molecule has 2 bridgehead atoms. The normalized spacial score (nSPS) is 23.6. The van der Waals surface area contributed by atoms with Gasteiger partial charge in [0.2, 0.25) is 0 Å². The van der Waals surface area contributed by atoms with Crippen molar-refractivity contribution in [1.29, 1.82) is 0 Å². The largest absolute Gasteiger partial charge is 0.463 e. The number of para-hydroxylation sites is 1. The van der Waals surface area contributed by atoms with E-state index < -0.39 is 22.2 Å². The quantitative estimate of drug-likeness (QED) is 0.293. The summed E-state index contributed by atoms with van der Waals surface area (Å²) >= 11 is 0. The van der Waals surface area contributed by atoms with Gasteiger partial charge in [-0.15, -0.1) is 0 Å². The lowest BCUT2D eigenvalue weighted by atomic mass is 9.66. The number of carbonyl (C=O) groups excluding carboxylic acids is 3. The van der Waals surface area contributed by atoms with Gasteiger partial charge in [0.25, 0.3) is 0 Å². The first-order valence-corrected chi connectivity index (χ1v) is 12.9. The second-order valence-electron chi connectivity index (χ2n) is 12.5. The molecule has 6 heteroatoms. The van der Waals surface area contributed by atoms with Gasteiger partial charge < -0.3 is 14.2 Å². The maximum atomic E-state index is 13.8. The number of hydrogen-bond donors (Lipinski definition) is 0. The predicted molar refractivity (Wildman–Crippen MR) is 134 cm³/mol. The molecule has 2 aliphatic carbocycles. The molecule has 0 aromatic heterocycles. The van der Waals surface area contributed by atoms with Crippen LogP contribution in [-0.4, -0.2) is 30.1 Å². The Kier molecular flexibility index (Phi) is 8.02. The third kappa shape index (κ3) is 6.65. The smallest absolute Gasteiger partial charge is 0.316 e. The molecule has 0 heterocycles. The van der Waals surface area contributed by atoms with Crippen molar-refractivity contribution >= 4 is 17.9 Å². The Labute approximate surface area is 210 Å². The lowest BCUT2D eigenvalue weighted by Gasteiger charge is -2.39. The topological polar surface area (TPSA) is 78.9 Å². The van der Waals surface area contributed by atoms with Gasteiger partial charge in [0, 0.05) is 0 Å². The number of rotatable bonds is 10. The van der Waals surface area contributed by atoms with Gasteiger partial charge in [0.15, 0.2) is 0 Å². The molecule has 194 valence electrons. The summed E-state index contributed by atoms with van der Waals surface area (Å²) in [4.78, 5) is 39.8. The summed E-state index contributed by atoms with van der Waals surface area (Å²) in [5, 5.41) is 0. The van der Waals surface area contributed by atoms with Crippen LogP contribution in [0.1, 0.15) is 87.0 Å². The van der Waals surface area contributed by atoms with E-state index in [0.29, 0.717) is 17.6 Å². The lowest BCUT2D eigenvalue weighted by Crippen LogP contribution is -2.45. The van der Waals surface area contributed by atoms with Crippen molar-refractivity contribution in [2.75, 3.05) is 0 Å². The second kappa shape index (κ2) is 10.3. The van der Waals surface area contributed by atoms with E-state index in [2.05, 4.69) is 0 Å². The monoisotopic (exact) mass is 486 g/mol. The Hall–Kier alpha value is -2.37. The van der Waals surface area contributed by atoms with Crippen LogP contribution in [0.2, 0.25) is 0 Å². The molecule has 6 nitrogen and oxygen atoms in total. The van der Waals surface area contributed by atoms with Crippen molar-refractivity contribution in [2.45, 2.75) is 99.2 Å². The summed E-state index contributed by atoms with van der Waals surface area (Å²) < 4.78 is 17.2. The molecule has 4 atom stereocenters. The van der Waals surface area contributed by atoms with Crippen molar-refractivity contribution in [3.8, 4) is 5.75 Å². The van der Waals surface area contributed by atoms with Crippen molar-refractivity contribution in [3.63, 3.8) is 0 Å². The Balaban J connectivity index is 1.82. The van der Waals surface area contributed by atoms with Gasteiger partial charge in [-0.25, -0.2) is 0 Å². The summed E-state index contributed by atoms with van der Waals surface area (Å²) in [5.41, 5.74) is -3.01. The molecular weight excluding hydrogens is 444 g/mol. The molecule has 0 aliphatic heterocycles. The van der Waals surface area contributed by atoms with Crippen molar-refractivity contribution in [2.24, 2.45) is 28.1 Å². The fraction of sp³-hybridized carbons (Fsp3) is 0.690. The molecule has 1 aromatic carbocycles. The minimum absolute atomic E-state index is 0.0781. The van der Waals surface area contributed by atoms with Gasteiger partial charge in [-0.3, -0.25) is 14.4 Å². The Morgan fingerprint density at radius 3 is 1.97 bits per heavy atom. The van der Waals surface area contributed by atoms with Crippen LogP contribution in [0.25, 0.3) is 0 Å². The number of esters is 3. The number of benzene rings is 1. The third-order valence-electron chi connectivity index (χ3n) is 7.49. The molecule has 0 radical (unpaired) electrons. The van der Waals surface area contributed by atoms with E-state index in [1.807, 2.05) is 13.0 Å². The van der Waals surface area contributed by atoms with Crippen LogP contribution in [-0.2, 0) is 23.9 Å². The SMILES string of the molecule is CC(C)OC(=O)C(C)(C)CC(C)(CC(C)(C)C(=O)Oc1ccccc1)C(=O)OC1CC2CCC1C2. The molecule has 0 N–H and O–H groups in total. The van der Waals surface area contributed by atoms with E-state index in [-0.39, 0.29) is 37.0 Å². The molecule has 0 saturated heterocycles. The maximum Gasteiger partial charge on any atom is 0.316 e. The lowest BCUT2D eigenvalue weighted by molar-refractivity contribution is -0.172. The predicted octanol–water partition coefficient (Wildman–Crippen LogP) is 6.11. The van der Waals surface area contributed by atoms with E-state index in [9.17, 15) is 14.4 Å². The van der Waals surface area contributed by atoms with Crippen molar-refractivity contribution in [1.82, 2.24) is 0 Å². The van der Waals surface area contributed by atoms with Crippen molar-refractivity contribution in [3.05, 3.63) is 30.3 Å². The highest BCUT2D eigenvalue weighted by atomic mass is 16.6. The van der Waals surface area contributed by atoms with Gasteiger partial charge in [-0.05, 0) is 111 Å². The molecule has 2 aliphatic rings. The highest BCUT2D eigenvalue weighted by Gasteiger charge is 2.51. The second-order valence-corrected chi connectivity index (χ2v) is 12.5. The summed E-state index contributed by atoms with van der Waals surface area (Å²) in [6, 6.07) is 8.90. The first-order valence-electron chi connectivity index (χ1n) is 12.9. The molecule has 1 aromatic rings. The number of ether oxygens (including phenoxy) is 3. The molecule has 0 amide bonds. The number of carbonyl (C=O) groups is 3. The molecule has 4 unspecified atom stereocenters. The van der Waals surface area contributed by atoms with E-state index in [4.69, 9.17) is 14.2 Å². The van der Waals surface area contributed by atoms with E-state index >= 15 is 0 Å². The molecule has 0 spiro atoms. The van der Waals surface area contributed by atoms with Crippen LogP contribution in [0, 0.1) is 28.1 Å². The van der Waals surface area contributed by atoms with Crippen LogP contribution in [0.4, 0.5) is 0 Å². The zero-order valence-corrected chi connectivity index (χ0v) is 22.4. The highest BCUT2D eigenvalue weighted by molar-refractivity contribution is 5.83. The molecule has 2 fully saturated rings. The van der Waals surface area contributed by atoms with Crippen molar-refractivity contribution < 1.29 is 28.6 Å². The average molecular weight is 487 g/mol. The summed E-state index contributed by atoms with van der Waals surface area (Å²) in [7, 11) is 0. The number of fused-ring (bicyclic) bond motifs is 2. The zero-order chi connectivity index (χ0) is 26.0. The minimum Gasteiger partial charge on any atom is -0.463 e. The van der Waals surface area contributed by atoms with Gasteiger partial charge in [-0.1, -0.05) is 18.2 Å². The highest BCUT2D eigenvalue weighted by Crippen LogP contribution is 2.49. The zero-order valence-electron chi connectivity index (χ0n) is 22.4. The summed E-state index contributed by atoms with van der Waals surface area (Å²) in [6.07, 6.45) is 4.39. The van der Waals surface area contributed by atoms with Gasteiger partial charge in [-0.2, -0.15) is 0 Å².